The summed E-state index contributed by atoms with van der Waals surface area (Å²) in [5, 5.41) is 7.85. The molecule has 3 aromatic heterocycles. The quantitative estimate of drug-likeness (QED) is 0.200. The third-order valence-corrected chi connectivity index (χ3v) is 10.6. The van der Waals surface area contributed by atoms with Crippen LogP contribution in [0.5, 0.6) is 0 Å². The van der Waals surface area contributed by atoms with Gasteiger partial charge in [0.1, 0.15) is 5.82 Å². The molecular formula is C41H27N3S. The van der Waals surface area contributed by atoms with Gasteiger partial charge in [-0.3, -0.25) is 0 Å². The molecule has 0 aliphatic carbocycles. The fourth-order valence-corrected chi connectivity index (χ4v) is 8.56. The zero-order chi connectivity index (χ0) is 29.5. The van der Waals surface area contributed by atoms with Gasteiger partial charge in [-0.25, -0.2) is 4.98 Å². The lowest BCUT2D eigenvalue weighted by Gasteiger charge is -2.11. The summed E-state index contributed by atoms with van der Waals surface area (Å²) in [4.78, 5) is 4.96. The molecule has 1 aliphatic rings. The van der Waals surface area contributed by atoms with Crippen LogP contribution in [-0.2, 0) is 6.42 Å². The van der Waals surface area contributed by atoms with Crippen molar-refractivity contribution < 1.29 is 0 Å². The van der Waals surface area contributed by atoms with Crippen molar-refractivity contribution in [3.8, 4) is 28.1 Å². The fraction of sp³-hybridized carbons (Fsp3) is 0.0488. The highest BCUT2D eigenvalue weighted by atomic mass is 32.1. The molecule has 0 unspecified atom stereocenters. The molecule has 9 aromatic rings. The minimum atomic E-state index is 0.986. The predicted octanol–water partition coefficient (Wildman–Crippen LogP) is 11.3. The Morgan fingerprint density at radius 1 is 0.622 bits per heavy atom. The first-order valence-corrected chi connectivity index (χ1v) is 16.3. The molecule has 0 amide bonds. The van der Waals surface area contributed by atoms with Crippen LogP contribution in [0.15, 0.2) is 134 Å². The van der Waals surface area contributed by atoms with E-state index < -0.39 is 0 Å². The summed E-state index contributed by atoms with van der Waals surface area (Å²) in [5.41, 5.74) is 8.27. The Labute approximate surface area is 263 Å². The van der Waals surface area contributed by atoms with Crippen LogP contribution < -0.4 is 0 Å². The molecule has 212 valence electrons. The van der Waals surface area contributed by atoms with Gasteiger partial charge in [0.15, 0.2) is 0 Å². The molecule has 6 aromatic carbocycles. The van der Waals surface area contributed by atoms with Crippen LogP contribution >= 0.6 is 11.3 Å². The van der Waals surface area contributed by atoms with Crippen LogP contribution in [-0.4, -0.2) is 14.1 Å². The molecule has 0 atom stereocenters. The Morgan fingerprint density at radius 3 is 2.22 bits per heavy atom. The van der Waals surface area contributed by atoms with Gasteiger partial charge in [0.2, 0.25) is 0 Å². The van der Waals surface area contributed by atoms with Crippen molar-refractivity contribution in [2.24, 2.45) is 0 Å². The number of thiophene rings is 1. The number of aromatic nitrogens is 3. The number of nitrogens with zero attached hydrogens (tertiary/aromatic N) is 3. The van der Waals surface area contributed by atoms with Gasteiger partial charge in [0, 0.05) is 66.4 Å². The van der Waals surface area contributed by atoms with Crippen LogP contribution in [0.25, 0.3) is 87.0 Å². The maximum Gasteiger partial charge on any atom is 0.113 e. The van der Waals surface area contributed by atoms with E-state index in [1.54, 1.807) is 0 Å². The van der Waals surface area contributed by atoms with Crippen LogP contribution in [0.4, 0.5) is 0 Å². The molecule has 3 nitrogen and oxygen atoms in total. The van der Waals surface area contributed by atoms with E-state index in [0.717, 1.165) is 35.6 Å². The molecule has 0 N–H and O–H groups in total. The first kappa shape index (κ1) is 24.9. The van der Waals surface area contributed by atoms with E-state index in [4.69, 9.17) is 4.98 Å². The Morgan fingerprint density at radius 2 is 1.38 bits per heavy atom. The normalized spacial score (nSPS) is 13.1. The van der Waals surface area contributed by atoms with E-state index in [9.17, 15) is 0 Å². The summed E-state index contributed by atoms with van der Waals surface area (Å²) in [6.45, 7) is 0. The Kier molecular flexibility index (Phi) is 5.28. The summed E-state index contributed by atoms with van der Waals surface area (Å²) >= 11 is 1.90. The summed E-state index contributed by atoms with van der Waals surface area (Å²) in [7, 11) is 0. The van der Waals surface area contributed by atoms with Gasteiger partial charge in [-0.05, 0) is 53.3 Å². The van der Waals surface area contributed by atoms with E-state index >= 15 is 0 Å². The van der Waals surface area contributed by atoms with Crippen LogP contribution in [0.2, 0.25) is 0 Å². The van der Waals surface area contributed by atoms with Crippen molar-refractivity contribution in [3.05, 3.63) is 139 Å². The van der Waals surface area contributed by atoms with Gasteiger partial charge >= 0.3 is 0 Å². The number of imidazole rings is 1. The number of aryl methyl sites for hydroxylation is 1. The summed E-state index contributed by atoms with van der Waals surface area (Å²) < 4.78 is 7.33. The van der Waals surface area contributed by atoms with Crippen molar-refractivity contribution in [3.63, 3.8) is 0 Å². The highest BCUT2D eigenvalue weighted by Gasteiger charge is 2.22. The third-order valence-electron chi connectivity index (χ3n) is 9.38. The lowest BCUT2D eigenvalue weighted by Crippen LogP contribution is -1.99. The lowest BCUT2D eigenvalue weighted by molar-refractivity contribution is 0.838. The molecule has 0 radical (unpaired) electrons. The molecular weight excluding hydrogens is 567 g/mol. The average molecular weight is 594 g/mol. The third kappa shape index (κ3) is 3.66. The van der Waals surface area contributed by atoms with Crippen LogP contribution in [0.1, 0.15) is 12.2 Å². The number of rotatable bonds is 3. The summed E-state index contributed by atoms with van der Waals surface area (Å²) in [6.07, 6.45) is 8.53. The smallest absolute Gasteiger partial charge is 0.113 e. The van der Waals surface area contributed by atoms with Gasteiger partial charge in [0.05, 0.1) is 16.7 Å². The van der Waals surface area contributed by atoms with Crippen LogP contribution in [0.3, 0.4) is 0 Å². The second-order valence-electron chi connectivity index (χ2n) is 11.9. The second-order valence-corrected chi connectivity index (χ2v) is 13.0. The zero-order valence-corrected chi connectivity index (χ0v) is 25.3. The minimum absolute atomic E-state index is 0.986. The maximum absolute atomic E-state index is 4.96. The Balaban J connectivity index is 1.31. The molecule has 0 spiro atoms. The maximum atomic E-state index is 4.96. The second kappa shape index (κ2) is 9.52. The topological polar surface area (TPSA) is 22.8 Å². The van der Waals surface area contributed by atoms with E-state index in [1.165, 1.54) is 63.9 Å². The first-order valence-electron chi connectivity index (χ1n) is 15.5. The Hall–Kier alpha value is -5.45. The largest absolute Gasteiger partial charge is 0.310 e. The molecule has 0 saturated heterocycles. The SMILES string of the molecule is C1=Cn2cc(-c3ccc(-n4c5ccc(-c6ccccc6)cc5c5c6ccccc6c6sc7ccccc7c6c54)cc3)nc2CC1. The van der Waals surface area contributed by atoms with E-state index in [0.29, 0.717) is 0 Å². The van der Waals surface area contributed by atoms with E-state index in [-0.39, 0.29) is 0 Å². The average Bonchev–Trinajstić information content (AvgIpc) is 3.81. The van der Waals surface area contributed by atoms with E-state index in [2.05, 4.69) is 149 Å². The van der Waals surface area contributed by atoms with Crippen molar-refractivity contribution in [1.29, 1.82) is 0 Å². The van der Waals surface area contributed by atoms with Gasteiger partial charge < -0.3 is 9.13 Å². The summed E-state index contributed by atoms with van der Waals surface area (Å²) in [6, 6.07) is 44.5. The van der Waals surface area contributed by atoms with Crippen molar-refractivity contribution >= 4 is 70.3 Å². The van der Waals surface area contributed by atoms with Gasteiger partial charge in [-0.2, -0.15) is 0 Å². The number of benzene rings is 6. The highest BCUT2D eigenvalue weighted by Crippen LogP contribution is 2.48. The van der Waals surface area contributed by atoms with Crippen LogP contribution in [0, 0.1) is 0 Å². The monoisotopic (exact) mass is 593 g/mol. The van der Waals surface area contributed by atoms with Gasteiger partial charge in [-0.15, -0.1) is 11.3 Å². The molecule has 0 fully saturated rings. The number of hydrogen-bond acceptors (Lipinski definition) is 2. The first-order chi connectivity index (χ1) is 22.3. The van der Waals surface area contributed by atoms with Crippen molar-refractivity contribution in [1.82, 2.24) is 14.1 Å². The Bertz CT molecular complexity index is 2630. The predicted molar refractivity (Wildman–Crippen MR) is 191 cm³/mol. The fourth-order valence-electron chi connectivity index (χ4n) is 7.32. The molecule has 4 heteroatoms. The number of allylic oxidation sites excluding steroid dienone is 1. The van der Waals surface area contributed by atoms with Gasteiger partial charge in [0.25, 0.3) is 0 Å². The van der Waals surface area contributed by atoms with Gasteiger partial charge in [-0.1, -0.05) is 97.1 Å². The molecule has 45 heavy (non-hydrogen) atoms. The molecule has 0 saturated carbocycles. The standard InChI is InChI=1S/C41H27N3S/c1-2-10-26(11-3-1)28-19-22-35-33(24-28)38-30-12-4-5-13-31(30)41-39(32-14-6-7-15-36(32)45-41)40(38)44(35)29-20-17-27(18-21-29)34-25-43-23-9-8-16-37(43)42-34/h1-7,9-15,17-25H,8,16H2. The van der Waals surface area contributed by atoms with Crippen molar-refractivity contribution in [2.45, 2.75) is 12.8 Å². The lowest BCUT2D eigenvalue weighted by atomic mass is 9.98. The zero-order valence-electron chi connectivity index (χ0n) is 24.4. The minimum Gasteiger partial charge on any atom is -0.310 e. The molecule has 0 bridgehead atoms. The molecule has 4 heterocycles. The van der Waals surface area contributed by atoms with Crippen molar-refractivity contribution in [2.75, 3.05) is 0 Å². The number of hydrogen-bond donors (Lipinski definition) is 0. The highest BCUT2D eigenvalue weighted by molar-refractivity contribution is 7.27. The molecule has 1 aliphatic heterocycles. The molecule has 10 rings (SSSR count). The number of fused-ring (bicyclic) bond motifs is 11. The summed E-state index contributed by atoms with van der Waals surface area (Å²) in [5.74, 6) is 1.13. The van der Waals surface area contributed by atoms with E-state index in [1.807, 2.05) is 11.3 Å².